The maximum Gasteiger partial charge on any atom is 0.302 e. The summed E-state index contributed by atoms with van der Waals surface area (Å²) >= 11 is 0. The molecule has 2 aliphatic rings. The third-order valence-corrected chi connectivity index (χ3v) is 6.74. The minimum atomic E-state index is -0.440. The zero-order chi connectivity index (χ0) is 24.9. The number of esters is 1. The van der Waals surface area contributed by atoms with Crippen molar-refractivity contribution in [1.29, 1.82) is 0 Å². The van der Waals surface area contributed by atoms with Crippen molar-refractivity contribution in [2.45, 2.75) is 82.7 Å². The molecule has 0 bridgehead atoms. The van der Waals surface area contributed by atoms with Crippen molar-refractivity contribution in [3.05, 3.63) is 41.5 Å². The summed E-state index contributed by atoms with van der Waals surface area (Å²) in [5, 5.41) is 30.6. The predicted molar refractivity (Wildman–Crippen MR) is 128 cm³/mol. The van der Waals surface area contributed by atoms with Crippen LogP contribution >= 0.6 is 0 Å². The Morgan fingerprint density at radius 1 is 1.00 bits per heavy atom. The molecule has 2 aromatic carbocycles. The number of hydrogen-bond acceptors (Lipinski definition) is 8. The Bertz CT molecular complexity index is 1030. The molecule has 2 aromatic rings. The van der Waals surface area contributed by atoms with Gasteiger partial charge < -0.3 is 34.3 Å². The Morgan fingerprint density at radius 2 is 1.77 bits per heavy atom. The van der Waals surface area contributed by atoms with Crippen LogP contribution in [0.4, 0.5) is 0 Å². The number of aryl methyl sites for hydroxylation is 1. The summed E-state index contributed by atoms with van der Waals surface area (Å²) in [4.78, 5) is 11.7. The molecule has 0 spiro atoms. The van der Waals surface area contributed by atoms with Gasteiger partial charge in [0.25, 0.3) is 0 Å². The Labute approximate surface area is 205 Å². The molecule has 3 atom stereocenters. The fourth-order valence-electron chi connectivity index (χ4n) is 4.98. The van der Waals surface area contributed by atoms with Crippen LogP contribution in [0.1, 0.15) is 69.1 Å². The first kappa shape index (κ1) is 25.0. The normalized spacial score (nSPS) is 22.6. The summed E-state index contributed by atoms with van der Waals surface area (Å²) in [6.45, 7) is 1.39. The molecular formula is C27H34O8. The van der Waals surface area contributed by atoms with E-state index in [9.17, 15) is 20.1 Å². The summed E-state index contributed by atoms with van der Waals surface area (Å²) < 4.78 is 23.1. The van der Waals surface area contributed by atoms with Gasteiger partial charge in [-0.15, -0.1) is 0 Å². The van der Waals surface area contributed by atoms with Gasteiger partial charge in [-0.25, -0.2) is 0 Å². The number of carbonyl (C=O) groups excluding carboxylic acids is 1. The van der Waals surface area contributed by atoms with E-state index in [1.54, 1.807) is 18.2 Å². The van der Waals surface area contributed by atoms with Gasteiger partial charge in [0, 0.05) is 19.8 Å². The molecule has 3 N–H and O–H groups in total. The van der Waals surface area contributed by atoms with Crippen molar-refractivity contribution in [1.82, 2.24) is 0 Å². The topological polar surface area (TPSA) is 115 Å². The van der Waals surface area contributed by atoms with Crippen molar-refractivity contribution in [3.8, 4) is 28.7 Å². The molecule has 1 aliphatic carbocycles. The molecule has 1 aliphatic heterocycles. The van der Waals surface area contributed by atoms with E-state index >= 15 is 0 Å². The average Bonchev–Trinajstić information content (AvgIpc) is 3.34. The molecule has 190 valence electrons. The van der Waals surface area contributed by atoms with Crippen molar-refractivity contribution < 1.29 is 39.1 Å². The van der Waals surface area contributed by atoms with Crippen molar-refractivity contribution >= 4 is 5.97 Å². The van der Waals surface area contributed by atoms with Crippen LogP contribution in [0.15, 0.2) is 30.3 Å². The lowest BCUT2D eigenvalue weighted by Crippen LogP contribution is -2.34. The summed E-state index contributed by atoms with van der Waals surface area (Å²) in [5.74, 6) is -0.137. The van der Waals surface area contributed by atoms with Gasteiger partial charge in [0.05, 0.1) is 25.4 Å². The number of methoxy groups -OCH3 is 1. The highest BCUT2D eigenvalue weighted by Crippen LogP contribution is 2.43. The van der Waals surface area contributed by atoms with E-state index < -0.39 is 6.10 Å². The van der Waals surface area contributed by atoms with E-state index in [2.05, 4.69) is 0 Å². The van der Waals surface area contributed by atoms with Crippen LogP contribution in [0.3, 0.4) is 0 Å². The molecule has 0 aromatic heterocycles. The molecule has 35 heavy (non-hydrogen) atoms. The Kier molecular flexibility index (Phi) is 7.90. The number of hydrogen-bond donors (Lipinski definition) is 3. The first-order chi connectivity index (χ1) is 16.8. The Morgan fingerprint density at radius 3 is 2.49 bits per heavy atom. The lowest BCUT2D eigenvalue weighted by Gasteiger charge is -2.35. The van der Waals surface area contributed by atoms with Gasteiger partial charge in [-0.3, -0.25) is 4.79 Å². The standard InChI is InChI=1S/C27H34O8/c1-16(28)33-21-14-20(9-7-17-8-10-22(29)25(11-17)32-2)35-24(15-21)18-12-23(30)27(31)26(13-18)34-19-5-3-4-6-19/h8,10-13,19-21,24,29-31H,3-7,9,14-15H2,1-2H3. The first-order valence-corrected chi connectivity index (χ1v) is 12.2. The van der Waals surface area contributed by atoms with Crippen LogP contribution in [0, 0.1) is 0 Å². The minimum Gasteiger partial charge on any atom is -0.504 e. The second-order valence-corrected chi connectivity index (χ2v) is 9.41. The van der Waals surface area contributed by atoms with E-state index in [1.165, 1.54) is 20.1 Å². The SMILES string of the molecule is COc1cc(CCC2CC(OC(C)=O)CC(c3cc(O)c(O)c(OC4CCCC4)c3)O2)ccc1O. The van der Waals surface area contributed by atoms with Gasteiger partial charge in [-0.2, -0.15) is 0 Å². The van der Waals surface area contributed by atoms with Crippen molar-refractivity contribution in [2.24, 2.45) is 0 Å². The molecule has 2 fully saturated rings. The molecule has 8 nitrogen and oxygen atoms in total. The van der Waals surface area contributed by atoms with Gasteiger partial charge >= 0.3 is 5.97 Å². The van der Waals surface area contributed by atoms with Crippen LogP contribution in [0.2, 0.25) is 0 Å². The van der Waals surface area contributed by atoms with Crippen LogP contribution in [0.25, 0.3) is 0 Å². The highest BCUT2D eigenvalue weighted by atomic mass is 16.6. The third-order valence-electron chi connectivity index (χ3n) is 6.74. The molecule has 0 radical (unpaired) electrons. The van der Waals surface area contributed by atoms with Crippen molar-refractivity contribution in [3.63, 3.8) is 0 Å². The van der Waals surface area contributed by atoms with Crippen LogP contribution < -0.4 is 9.47 Å². The molecule has 4 rings (SSSR count). The number of aromatic hydroxyl groups is 3. The summed E-state index contributed by atoms with van der Waals surface area (Å²) in [7, 11) is 1.51. The average molecular weight is 487 g/mol. The molecule has 1 heterocycles. The zero-order valence-electron chi connectivity index (χ0n) is 20.2. The summed E-state index contributed by atoms with van der Waals surface area (Å²) in [6.07, 6.45) is 5.40. The molecular weight excluding hydrogens is 452 g/mol. The van der Waals surface area contributed by atoms with Crippen LogP contribution in [-0.4, -0.2) is 46.7 Å². The molecule has 0 amide bonds. The zero-order valence-corrected chi connectivity index (χ0v) is 20.2. The van der Waals surface area contributed by atoms with Gasteiger partial charge in [-0.1, -0.05) is 6.07 Å². The predicted octanol–water partition coefficient (Wildman–Crippen LogP) is 4.92. The summed E-state index contributed by atoms with van der Waals surface area (Å²) in [5.41, 5.74) is 1.66. The lowest BCUT2D eigenvalue weighted by molar-refractivity contribution is -0.160. The minimum absolute atomic E-state index is 0.0201. The number of phenols is 3. The van der Waals surface area contributed by atoms with Gasteiger partial charge in [0.15, 0.2) is 23.0 Å². The number of rotatable bonds is 8. The van der Waals surface area contributed by atoms with E-state index in [1.807, 2.05) is 6.07 Å². The van der Waals surface area contributed by atoms with Gasteiger partial charge in [0.2, 0.25) is 5.75 Å². The fourth-order valence-corrected chi connectivity index (χ4v) is 4.98. The lowest BCUT2D eigenvalue weighted by atomic mass is 9.92. The second kappa shape index (κ2) is 11.1. The van der Waals surface area contributed by atoms with E-state index in [-0.39, 0.29) is 47.3 Å². The number of ether oxygens (including phenoxy) is 4. The fraction of sp³-hybridized carbons (Fsp3) is 0.519. The van der Waals surface area contributed by atoms with Crippen molar-refractivity contribution in [2.75, 3.05) is 7.11 Å². The monoisotopic (exact) mass is 486 g/mol. The highest BCUT2D eigenvalue weighted by Gasteiger charge is 2.33. The first-order valence-electron chi connectivity index (χ1n) is 12.2. The maximum absolute atomic E-state index is 11.7. The van der Waals surface area contributed by atoms with Crippen LogP contribution in [-0.2, 0) is 20.7 Å². The smallest absolute Gasteiger partial charge is 0.302 e. The highest BCUT2D eigenvalue weighted by molar-refractivity contribution is 5.66. The number of benzene rings is 2. The third kappa shape index (κ3) is 6.31. The Balaban J connectivity index is 1.51. The van der Waals surface area contributed by atoms with Crippen LogP contribution in [0.5, 0.6) is 28.7 Å². The van der Waals surface area contributed by atoms with Gasteiger partial charge in [-0.05, 0) is 73.9 Å². The molecule has 1 saturated carbocycles. The van der Waals surface area contributed by atoms with E-state index in [0.29, 0.717) is 37.0 Å². The van der Waals surface area contributed by atoms with E-state index in [4.69, 9.17) is 18.9 Å². The second-order valence-electron chi connectivity index (χ2n) is 9.41. The van der Waals surface area contributed by atoms with E-state index in [0.717, 1.165) is 31.2 Å². The largest absolute Gasteiger partial charge is 0.504 e. The summed E-state index contributed by atoms with van der Waals surface area (Å²) in [6, 6.07) is 8.44. The van der Waals surface area contributed by atoms with Gasteiger partial charge in [0.1, 0.15) is 6.10 Å². The number of carbonyl (C=O) groups is 1. The molecule has 8 heteroatoms. The maximum atomic E-state index is 11.7. The molecule has 1 saturated heterocycles. The Hall–Kier alpha value is -3.13. The quantitative estimate of drug-likeness (QED) is 0.356. The molecule has 3 unspecified atom stereocenters. The number of phenolic OH excluding ortho intramolecular Hbond substituents is 3.